The molecule has 2 aliphatic rings. The summed E-state index contributed by atoms with van der Waals surface area (Å²) in [5.41, 5.74) is -2.90. The molecule has 0 radical (unpaired) electrons. The Balaban J connectivity index is 1.61. The van der Waals surface area contributed by atoms with E-state index < -0.39 is 34.5 Å². The lowest BCUT2D eigenvalue weighted by Gasteiger charge is -2.51. The van der Waals surface area contributed by atoms with E-state index in [1.165, 1.54) is 16.8 Å². The van der Waals surface area contributed by atoms with Gasteiger partial charge in [-0.3, -0.25) is 23.9 Å². The number of aliphatic hydroxyl groups is 1. The number of carbonyl (C=O) groups excluding carboxylic acids is 1. The summed E-state index contributed by atoms with van der Waals surface area (Å²) in [6, 6.07) is 0.601. The summed E-state index contributed by atoms with van der Waals surface area (Å²) in [6.07, 6.45) is 3.27. The first kappa shape index (κ1) is 21.3. The van der Waals surface area contributed by atoms with Gasteiger partial charge >= 0.3 is 11.7 Å². The van der Waals surface area contributed by atoms with Crippen LogP contribution in [0.3, 0.4) is 0 Å². The SMILES string of the molecule is C[C@]1(O)CC2(CCN(C(=O)CCCC(=O)O)CC2)OC[C@@H]1n1ccc(=O)[nH]c1=O. The number of amides is 1. The maximum absolute atomic E-state index is 12.3. The van der Waals surface area contributed by atoms with Crippen molar-refractivity contribution in [2.75, 3.05) is 19.7 Å². The van der Waals surface area contributed by atoms with Gasteiger partial charge in [-0.1, -0.05) is 0 Å². The number of ether oxygens (including phenoxy) is 1. The minimum Gasteiger partial charge on any atom is -0.481 e. The van der Waals surface area contributed by atoms with Gasteiger partial charge in [0.05, 0.1) is 23.9 Å². The molecule has 10 heteroatoms. The monoisotopic (exact) mass is 409 g/mol. The molecule has 3 heterocycles. The largest absolute Gasteiger partial charge is 0.481 e. The van der Waals surface area contributed by atoms with Crippen molar-refractivity contribution in [1.82, 2.24) is 14.5 Å². The third-order valence-electron chi connectivity index (χ3n) is 5.94. The van der Waals surface area contributed by atoms with Crippen molar-refractivity contribution in [2.45, 2.75) is 62.7 Å². The maximum Gasteiger partial charge on any atom is 0.328 e. The van der Waals surface area contributed by atoms with Crippen molar-refractivity contribution in [3.05, 3.63) is 33.1 Å². The molecule has 0 aromatic carbocycles. The normalized spacial score (nSPS) is 26.4. The van der Waals surface area contributed by atoms with Gasteiger partial charge in [-0.2, -0.15) is 0 Å². The summed E-state index contributed by atoms with van der Waals surface area (Å²) in [6.45, 7) is 2.73. The quantitative estimate of drug-likeness (QED) is 0.615. The molecule has 1 amide bonds. The van der Waals surface area contributed by atoms with Crippen LogP contribution in [0.5, 0.6) is 0 Å². The average molecular weight is 409 g/mol. The molecule has 29 heavy (non-hydrogen) atoms. The summed E-state index contributed by atoms with van der Waals surface area (Å²) >= 11 is 0. The molecule has 2 saturated heterocycles. The molecule has 2 fully saturated rings. The third-order valence-corrected chi connectivity index (χ3v) is 5.94. The summed E-state index contributed by atoms with van der Waals surface area (Å²) in [5, 5.41) is 19.8. The van der Waals surface area contributed by atoms with Crippen molar-refractivity contribution in [3.8, 4) is 0 Å². The van der Waals surface area contributed by atoms with Crippen molar-refractivity contribution in [3.63, 3.8) is 0 Å². The summed E-state index contributed by atoms with van der Waals surface area (Å²) in [5.74, 6) is -0.981. The number of piperidine rings is 1. The Morgan fingerprint density at radius 2 is 1.97 bits per heavy atom. The first-order valence-corrected chi connectivity index (χ1v) is 9.79. The van der Waals surface area contributed by atoms with E-state index in [0.29, 0.717) is 38.8 Å². The van der Waals surface area contributed by atoms with Gasteiger partial charge in [0.15, 0.2) is 0 Å². The Labute approximate surface area is 167 Å². The number of carboxylic acid groups (broad SMARTS) is 1. The fourth-order valence-corrected chi connectivity index (χ4v) is 4.34. The number of carbonyl (C=O) groups is 2. The fraction of sp³-hybridized carbons (Fsp3) is 0.684. The van der Waals surface area contributed by atoms with Gasteiger partial charge in [0.25, 0.3) is 5.56 Å². The maximum atomic E-state index is 12.3. The lowest BCUT2D eigenvalue weighted by molar-refractivity contribution is -0.198. The fourth-order valence-electron chi connectivity index (χ4n) is 4.34. The number of hydrogen-bond donors (Lipinski definition) is 3. The predicted molar refractivity (Wildman–Crippen MR) is 102 cm³/mol. The van der Waals surface area contributed by atoms with Crippen molar-refractivity contribution in [2.24, 2.45) is 0 Å². The Kier molecular flexibility index (Phi) is 5.95. The second-order valence-electron chi connectivity index (χ2n) is 8.19. The van der Waals surface area contributed by atoms with Crippen LogP contribution in [0.25, 0.3) is 0 Å². The second-order valence-corrected chi connectivity index (χ2v) is 8.19. The molecule has 0 saturated carbocycles. The van der Waals surface area contributed by atoms with Crippen LogP contribution >= 0.6 is 0 Å². The van der Waals surface area contributed by atoms with Gasteiger partial charge in [0, 0.05) is 44.6 Å². The van der Waals surface area contributed by atoms with Crippen molar-refractivity contribution in [1.29, 1.82) is 0 Å². The van der Waals surface area contributed by atoms with E-state index in [0.717, 1.165) is 0 Å². The number of rotatable bonds is 5. The van der Waals surface area contributed by atoms with Gasteiger partial charge in [0.1, 0.15) is 0 Å². The molecule has 1 aromatic heterocycles. The zero-order valence-electron chi connectivity index (χ0n) is 16.4. The first-order chi connectivity index (χ1) is 13.6. The van der Waals surface area contributed by atoms with Crippen LogP contribution in [0.1, 0.15) is 51.5 Å². The minimum absolute atomic E-state index is 0.0268. The van der Waals surface area contributed by atoms with Crippen LogP contribution in [0, 0.1) is 0 Å². The van der Waals surface area contributed by atoms with Crippen LogP contribution < -0.4 is 11.2 Å². The predicted octanol–water partition coefficient (Wildman–Crippen LogP) is -0.135. The molecule has 0 bridgehead atoms. The highest BCUT2D eigenvalue weighted by Crippen LogP contribution is 2.43. The number of nitrogens with zero attached hydrogens (tertiary/aromatic N) is 2. The average Bonchev–Trinajstić information content (AvgIpc) is 2.62. The highest BCUT2D eigenvalue weighted by atomic mass is 16.5. The van der Waals surface area contributed by atoms with Gasteiger partial charge in [-0.15, -0.1) is 0 Å². The molecule has 0 unspecified atom stereocenters. The molecule has 1 aromatic rings. The number of nitrogens with one attached hydrogen (secondary N) is 1. The molecule has 3 N–H and O–H groups in total. The molecule has 2 atom stereocenters. The Bertz CT molecular complexity index is 880. The highest BCUT2D eigenvalue weighted by Gasteiger charge is 2.50. The van der Waals surface area contributed by atoms with Crippen molar-refractivity contribution >= 4 is 11.9 Å². The molecule has 10 nitrogen and oxygen atoms in total. The van der Waals surface area contributed by atoms with Gasteiger partial charge in [0.2, 0.25) is 5.91 Å². The lowest BCUT2D eigenvalue weighted by atomic mass is 9.75. The van der Waals surface area contributed by atoms with Crippen molar-refractivity contribution < 1.29 is 24.5 Å². The number of H-pyrrole nitrogens is 1. The third kappa shape index (κ3) is 4.76. The molecule has 3 rings (SSSR count). The number of aromatic amines is 1. The summed E-state index contributed by atoms with van der Waals surface area (Å²) in [7, 11) is 0. The van der Waals surface area contributed by atoms with Gasteiger partial charge in [-0.05, 0) is 26.2 Å². The number of likely N-dealkylation sites (tertiary alicyclic amines) is 1. The molecular formula is C19H27N3O7. The number of aromatic nitrogens is 2. The first-order valence-electron chi connectivity index (χ1n) is 9.79. The summed E-state index contributed by atoms with van der Waals surface area (Å²) < 4.78 is 7.39. The molecule has 0 aliphatic carbocycles. The van der Waals surface area contributed by atoms with Gasteiger partial charge in [-0.25, -0.2) is 4.79 Å². The Hall–Kier alpha value is -2.46. The molecule has 160 valence electrons. The summed E-state index contributed by atoms with van der Waals surface area (Å²) in [4.78, 5) is 50.1. The topological polar surface area (TPSA) is 142 Å². The Morgan fingerprint density at radius 3 is 2.55 bits per heavy atom. The molecule has 2 aliphatic heterocycles. The van der Waals surface area contributed by atoms with Gasteiger partial charge < -0.3 is 19.8 Å². The van der Waals surface area contributed by atoms with E-state index in [9.17, 15) is 24.3 Å². The van der Waals surface area contributed by atoms with E-state index in [1.54, 1.807) is 11.8 Å². The number of aliphatic carboxylic acids is 1. The zero-order valence-corrected chi connectivity index (χ0v) is 16.4. The van der Waals surface area contributed by atoms with E-state index in [2.05, 4.69) is 4.98 Å². The zero-order chi connectivity index (χ0) is 21.2. The second kappa shape index (κ2) is 8.11. The van der Waals surface area contributed by atoms with Crippen LogP contribution in [-0.2, 0) is 14.3 Å². The van der Waals surface area contributed by atoms with E-state index in [-0.39, 0.29) is 25.4 Å². The van der Waals surface area contributed by atoms with Crippen LogP contribution in [0.2, 0.25) is 0 Å². The minimum atomic E-state index is -1.23. The van der Waals surface area contributed by atoms with E-state index in [4.69, 9.17) is 9.84 Å². The van der Waals surface area contributed by atoms with E-state index in [1.807, 2.05) is 0 Å². The smallest absolute Gasteiger partial charge is 0.328 e. The Morgan fingerprint density at radius 1 is 1.28 bits per heavy atom. The van der Waals surface area contributed by atoms with E-state index >= 15 is 0 Å². The van der Waals surface area contributed by atoms with Crippen LogP contribution in [-0.4, -0.2) is 67.4 Å². The van der Waals surface area contributed by atoms with Crippen LogP contribution in [0.4, 0.5) is 0 Å². The van der Waals surface area contributed by atoms with Crippen LogP contribution in [0.15, 0.2) is 21.9 Å². The number of carboxylic acids is 1. The standard InChI is InChI=1S/C19H27N3O7/c1-18(28)12-19(29-11-13(18)22-8-5-14(23)20-17(22)27)6-9-21(10-7-19)15(24)3-2-4-16(25)26/h5,8,13,28H,2-4,6-7,9-12H2,1H3,(H,25,26)(H,20,23,27)/t13-,18-/m0/s1. The lowest BCUT2D eigenvalue weighted by Crippen LogP contribution is -2.59. The number of hydrogen-bond acceptors (Lipinski definition) is 6. The molecule has 1 spiro atoms. The molecular weight excluding hydrogens is 382 g/mol. The highest BCUT2D eigenvalue weighted by molar-refractivity contribution is 5.77.